The molecule has 1 saturated carbocycles. The fraction of sp³-hybridized carbons (Fsp3) is 0.385. The molecule has 1 N–H and O–H groups in total. The zero-order chi connectivity index (χ0) is 10.2. The maximum Gasteiger partial charge on any atom is 0.0841 e. The number of hydrogen-bond acceptors (Lipinski definition) is 1. The van der Waals surface area contributed by atoms with Gasteiger partial charge in [0.15, 0.2) is 0 Å². The largest absolute Gasteiger partial charge is 0.386 e. The topological polar surface area (TPSA) is 20.2 Å². The lowest BCUT2D eigenvalue weighted by Crippen LogP contribution is -2.51. The molecular formula is C13H16O. The molecule has 1 nitrogen and oxygen atoms in total. The van der Waals surface area contributed by atoms with Crippen LogP contribution in [-0.2, 0) is 5.41 Å². The molecular weight excluding hydrogens is 172 g/mol. The van der Waals surface area contributed by atoms with Crippen LogP contribution in [0.3, 0.4) is 0 Å². The Kier molecular flexibility index (Phi) is 2.00. The molecule has 0 radical (unpaired) electrons. The van der Waals surface area contributed by atoms with Gasteiger partial charge in [0.1, 0.15) is 0 Å². The molecule has 2 rings (SSSR count). The van der Waals surface area contributed by atoms with Gasteiger partial charge in [-0.2, -0.15) is 0 Å². The van der Waals surface area contributed by atoms with Gasteiger partial charge in [-0.05, 0) is 23.8 Å². The smallest absolute Gasteiger partial charge is 0.0841 e. The number of rotatable bonds is 2. The summed E-state index contributed by atoms with van der Waals surface area (Å²) in [7, 11) is 0. The highest BCUT2D eigenvalue weighted by Gasteiger charge is 2.49. The number of benzene rings is 1. The van der Waals surface area contributed by atoms with E-state index in [0.29, 0.717) is 0 Å². The van der Waals surface area contributed by atoms with E-state index < -0.39 is 5.60 Å². The van der Waals surface area contributed by atoms with Crippen LogP contribution in [0.5, 0.6) is 0 Å². The Morgan fingerprint density at radius 3 is 2.36 bits per heavy atom. The molecule has 74 valence electrons. The molecule has 0 saturated heterocycles. The Bertz CT molecular complexity index is 334. The van der Waals surface area contributed by atoms with Gasteiger partial charge in [-0.1, -0.05) is 43.3 Å². The van der Waals surface area contributed by atoms with Gasteiger partial charge < -0.3 is 5.11 Å². The van der Waals surface area contributed by atoms with E-state index >= 15 is 0 Å². The predicted molar refractivity (Wildman–Crippen MR) is 58.2 cm³/mol. The molecule has 0 unspecified atom stereocenters. The monoisotopic (exact) mass is 188 g/mol. The second kappa shape index (κ2) is 2.96. The van der Waals surface area contributed by atoms with E-state index in [9.17, 15) is 5.11 Å². The van der Waals surface area contributed by atoms with Gasteiger partial charge in [-0.15, -0.1) is 6.58 Å². The molecule has 1 aliphatic carbocycles. The minimum Gasteiger partial charge on any atom is -0.386 e. The molecule has 1 aromatic rings. The van der Waals surface area contributed by atoms with Crippen molar-refractivity contribution in [1.29, 1.82) is 0 Å². The van der Waals surface area contributed by atoms with E-state index in [1.165, 1.54) is 5.56 Å². The van der Waals surface area contributed by atoms with Gasteiger partial charge >= 0.3 is 0 Å². The second-order valence-corrected chi connectivity index (χ2v) is 4.59. The molecule has 1 aliphatic rings. The van der Waals surface area contributed by atoms with Crippen LogP contribution in [0.2, 0.25) is 0 Å². The van der Waals surface area contributed by atoms with E-state index in [2.05, 4.69) is 25.6 Å². The summed E-state index contributed by atoms with van der Waals surface area (Å²) in [5, 5.41) is 9.90. The summed E-state index contributed by atoms with van der Waals surface area (Å²) >= 11 is 0. The standard InChI is InChI=1S/C13H16O/c1-3-13(14)9-12(2,10-13)11-7-5-4-6-8-11/h3-8,14H,1,9-10H2,2H3. The van der Waals surface area contributed by atoms with E-state index in [1.54, 1.807) is 6.08 Å². The van der Waals surface area contributed by atoms with Gasteiger partial charge in [0.2, 0.25) is 0 Å². The quantitative estimate of drug-likeness (QED) is 0.707. The number of hydrogen-bond donors (Lipinski definition) is 1. The van der Waals surface area contributed by atoms with Gasteiger partial charge in [0, 0.05) is 0 Å². The third kappa shape index (κ3) is 1.38. The van der Waals surface area contributed by atoms with Crippen molar-refractivity contribution in [1.82, 2.24) is 0 Å². The van der Waals surface area contributed by atoms with Crippen molar-refractivity contribution < 1.29 is 5.11 Å². The molecule has 0 bridgehead atoms. The van der Waals surface area contributed by atoms with Crippen LogP contribution in [0.25, 0.3) is 0 Å². The first-order valence-electron chi connectivity index (χ1n) is 5.00. The first kappa shape index (κ1) is 9.47. The zero-order valence-corrected chi connectivity index (χ0v) is 8.53. The second-order valence-electron chi connectivity index (χ2n) is 4.59. The van der Waals surface area contributed by atoms with Gasteiger partial charge in [0.25, 0.3) is 0 Å². The van der Waals surface area contributed by atoms with Crippen molar-refractivity contribution in [3.8, 4) is 0 Å². The Balaban J connectivity index is 2.19. The summed E-state index contributed by atoms with van der Waals surface area (Å²) in [6.07, 6.45) is 3.23. The van der Waals surface area contributed by atoms with Crippen molar-refractivity contribution in [3.05, 3.63) is 48.6 Å². The summed E-state index contributed by atoms with van der Waals surface area (Å²) in [6.45, 7) is 5.86. The minimum absolute atomic E-state index is 0.129. The fourth-order valence-corrected chi connectivity index (χ4v) is 2.49. The van der Waals surface area contributed by atoms with E-state index in [-0.39, 0.29) is 5.41 Å². The molecule has 14 heavy (non-hydrogen) atoms. The highest BCUT2D eigenvalue weighted by atomic mass is 16.3. The van der Waals surface area contributed by atoms with Crippen molar-refractivity contribution >= 4 is 0 Å². The Labute approximate surface area is 85.1 Å². The molecule has 0 spiro atoms. The maximum absolute atomic E-state index is 9.90. The molecule has 0 aliphatic heterocycles. The summed E-state index contributed by atoms with van der Waals surface area (Å²) in [6, 6.07) is 10.4. The lowest BCUT2D eigenvalue weighted by molar-refractivity contribution is -0.0435. The average Bonchev–Trinajstić information content (AvgIpc) is 2.17. The normalized spacial score (nSPS) is 36.1. The average molecular weight is 188 g/mol. The lowest BCUT2D eigenvalue weighted by Gasteiger charge is -2.50. The van der Waals surface area contributed by atoms with Crippen LogP contribution in [-0.4, -0.2) is 10.7 Å². The van der Waals surface area contributed by atoms with Crippen molar-refractivity contribution in [3.63, 3.8) is 0 Å². The molecule has 0 aromatic heterocycles. The molecule has 0 atom stereocenters. The predicted octanol–water partition coefficient (Wildman–Crippen LogP) is 2.66. The van der Waals surface area contributed by atoms with Crippen molar-refractivity contribution in [2.75, 3.05) is 0 Å². The van der Waals surface area contributed by atoms with E-state index in [0.717, 1.165) is 12.8 Å². The summed E-state index contributed by atoms with van der Waals surface area (Å²) in [5.41, 5.74) is 0.806. The molecule has 1 fully saturated rings. The van der Waals surface area contributed by atoms with Gasteiger partial charge in [0.05, 0.1) is 5.60 Å². The van der Waals surface area contributed by atoms with E-state index in [4.69, 9.17) is 0 Å². The van der Waals surface area contributed by atoms with Gasteiger partial charge in [-0.25, -0.2) is 0 Å². The Morgan fingerprint density at radius 2 is 1.86 bits per heavy atom. The third-order valence-electron chi connectivity index (χ3n) is 3.24. The zero-order valence-electron chi connectivity index (χ0n) is 8.53. The Hall–Kier alpha value is -1.08. The van der Waals surface area contributed by atoms with Crippen LogP contribution in [0.15, 0.2) is 43.0 Å². The molecule has 0 amide bonds. The van der Waals surface area contributed by atoms with E-state index in [1.807, 2.05) is 18.2 Å². The van der Waals surface area contributed by atoms with Crippen LogP contribution < -0.4 is 0 Å². The fourth-order valence-electron chi connectivity index (χ4n) is 2.49. The highest BCUT2D eigenvalue weighted by Crippen LogP contribution is 2.50. The van der Waals surface area contributed by atoms with Crippen LogP contribution in [0.1, 0.15) is 25.3 Å². The SMILES string of the molecule is C=CC1(O)CC(C)(c2ccccc2)C1. The number of aliphatic hydroxyl groups is 1. The van der Waals surface area contributed by atoms with Crippen molar-refractivity contribution in [2.24, 2.45) is 0 Å². The van der Waals surface area contributed by atoms with Crippen molar-refractivity contribution in [2.45, 2.75) is 30.8 Å². The lowest BCUT2D eigenvalue weighted by atomic mass is 9.57. The summed E-state index contributed by atoms with van der Waals surface area (Å²) < 4.78 is 0. The van der Waals surface area contributed by atoms with Crippen LogP contribution in [0, 0.1) is 0 Å². The highest BCUT2D eigenvalue weighted by molar-refractivity contribution is 5.32. The summed E-state index contributed by atoms with van der Waals surface area (Å²) in [5.74, 6) is 0. The third-order valence-corrected chi connectivity index (χ3v) is 3.24. The minimum atomic E-state index is -0.634. The Morgan fingerprint density at radius 1 is 1.29 bits per heavy atom. The maximum atomic E-state index is 9.90. The summed E-state index contributed by atoms with van der Waals surface area (Å²) in [4.78, 5) is 0. The first-order chi connectivity index (χ1) is 6.58. The molecule has 1 aromatic carbocycles. The van der Waals surface area contributed by atoms with Crippen LogP contribution in [0.4, 0.5) is 0 Å². The van der Waals surface area contributed by atoms with Crippen LogP contribution >= 0.6 is 0 Å². The first-order valence-corrected chi connectivity index (χ1v) is 5.00. The molecule has 0 heterocycles. The molecule has 1 heteroatoms. The van der Waals surface area contributed by atoms with Gasteiger partial charge in [-0.3, -0.25) is 0 Å².